The number of hydrogen-bond donors (Lipinski definition) is 0. The molecule has 278 valence electrons. The van der Waals surface area contributed by atoms with Crippen molar-refractivity contribution in [2.45, 2.75) is 186 Å². The maximum absolute atomic E-state index is 16.3. The van der Waals surface area contributed by atoms with Crippen LogP contribution in [0.3, 0.4) is 0 Å². The summed E-state index contributed by atoms with van der Waals surface area (Å²) in [5, 5.41) is 0. The summed E-state index contributed by atoms with van der Waals surface area (Å²) in [4.78, 5) is 13.9. The first-order valence-electron chi connectivity index (χ1n) is 21.2. The third-order valence-corrected chi connectivity index (χ3v) is 12.9. The van der Waals surface area contributed by atoms with Crippen molar-refractivity contribution in [1.82, 2.24) is 0 Å². The van der Waals surface area contributed by atoms with Crippen LogP contribution in [0.15, 0.2) is 48.5 Å². The van der Waals surface area contributed by atoms with Crippen LogP contribution in [0.4, 0.5) is 4.39 Å². The fourth-order valence-electron chi connectivity index (χ4n) is 9.60. The minimum absolute atomic E-state index is 0.254. The Labute approximate surface area is 304 Å². The van der Waals surface area contributed by atoms with E-state index in [9.17, 15) is 4.79 Å². The number of Topliss-reactive ketones (excluding diaryl/α,β-unsaturated/α-hetero) is 1. The predicted octanol–water partition coefficient (Wildman–Crippen LogP) is 13.6. The number of carbonyl (C=O) groups is 1. The van der Waals surface area contributed by atoms with Crippen LogP contribution in [0, 0.1) is 10.8 Å². The molecule has 4 heteroatoms. The van der Waals surface area contributed by atoms with Gasteiger partial charge in [-0.1, -0.05) is 128 Å². The standard InChI is InChI=1S/C46H69FO3/c1-3-5-7-9-11-13-15-17-35-49-41-23-19-37(20-24-41)39-27-31-45(32-28-39)43(47)46(44(45)48)33-29-40(30-34-46)38-21-25-42(26-22-38)50-36-18-16-14-12-10-8-6-4-2/h19-26,39-40,43H,3-18,27-36H2,1-2H3. The monoisotopic (exact) mass is 689 g/mol. The lowest BCUT2D eigenvalue weighted by Crippen LogP contribution is -2.69. The Morgan fingerprint density at radius 1 is 0.520 bits per heavy atom. The van der Waals surface area contributed by atoms with Gasteiger partial charge in [-0.3, -0.25) is 4.79 Å². The quantitative estimate of drug-likeness (QED) is 0.116. The number of carbonyl (C=O) groups excluding carboxylic acids is 1. The number of ketones is 1. The Balaban J connectivity index is 0.980. The topological polar surface area (TPSA) is 35.5 Å². The van der Waals surface area contributed by atoms with Crippen LogP contribution >= 0.6 is 0 Å². The summed E-state index contributed by atoms with van der Waals surface area (Å²) in [5.41, 5.74) is 1.16. The van der Waals surface area contributed by atoms with E-state index in [1.54, 1.807) is 0 Å². The molecule has 2 spiro atoms. The molecule has 0 heterocycles. The largest absolute Gasteiger partial charge is 0.494 e. The van der Waals surface area contributed by atoms with E-state index in [4.69, 9.17) is 9.47 Å². The van der Waals surface area contributed by atoms with Crippen molar-refractivity contribution in [1.29, 1.82) is 0 Å². The van der Waals surface area contributed by atoms with Gasteiger partial charge in [0, 0.05) is 0 Å². The molecule has 3 aliphatic carbocycles. The Morgan fingerprint density at radius 3 is 1.16 bits per heavy atom. The molecule has 3 nitrogen and oxygen atoms in total. The van der Waals surface area contributed by atoms with Gasteiger partial charge in [-0.05, 0) is 111 Å². The molecule has 50 heavy (non-hydrogen) atoms. The van der Waals surface area contributed by atoms with Gasteiger partial charge in [-0.2, -0.15) is 0 Å². The van der Waals surface area contributed by atoms with Crippen LogP contribution < -0.4 is 9.47 Å². The van der Waals surface area contributed by atoms with Crippen molar-refractivity contribution >= 4 is 5.78 Å². The van der Waals surface area contributed by atoms with Crippen molar-refractivity contribution in [2.75, 3.05) is 13.2 Å². The Kier molecular flexibility index (Phi) is 15.6. The average molecular weight is 689 g/mol. The molecule has 0 aromatic heterocycles. The van der Waals surface area contributed by atoms with Crippen LogP contribution in [0.25, 0.3) is 0 Å². The van der Waals surface area contributed by atoms with Crippen molar-refractivity contribution in [2.24, 2.45) is 10.8 Å². The highest BCUT2D eigenvalue weighted by atomic mass is 19.1. The molecule has 0 N–H and O–H groups in total. The molecule has 0 unspecified atom stereocenters. The maximum atomic E-state index is 16.3. The van der Waals surface area contributed by atoms with Crippen LogP contribution in [0.5, 0.6) is 11.5 Å². The minimum Gasteiger partial charge on any atom is -0.494 e. The molecule has 5 rings (SSSR count). The lowest BCUT2D eigenvalue weighted by molar-refractivity contribution is -0.191. The van der Waals surface area contributed by atoms with Gasteiger partial charge in [0.2, 0.25) is 0 Å². The second-order valence-corrected chi connectivity index (χ2v) is 16.3. The smallest absolute Gasteiger partial charge is 0.151 e. The number of alkyl halides is 1. The van der Waals surface area contributed by atoms with Crippen LogP contribution in [-0.4, -0.2) is 25.2 Å². The SMILES string of the molecule is CCCCCCCCCCOc1ccc(C2CCC3(CC2)C(=O)C2(CCC(c4ccc(OCCCCCCCCCC)cc4)CC2)C3F)cc1. The minimum atomic E-state index is -0.983. The molecular weight excluding hydrogens is 620 g/mol. The van der Waals surface area contributed by atoms with Gasteiger partial charge in [0.05, 0.1) is 24.0 Å². The zero-order valence-corrected chi connectivity index (χ0v) is 31.8. The highest BCUT2D eigenvalue weighted by Crippen LogP contribution is 2.66. The number of benzene rings is 2. The summed E-state index contributed by atoms with van der Waals surface area (Å²) < 4.78 is 28.3. The molecule has 2 aromatic rings. The molecular formula is C46H69FO3. The Hall–Kier alpha value is -2.36. The average Bonchev–Trinajstić information content (AvgIpc) is 3.17. The summed E-state index contributed by atoms with van der Waals surface area (Å²) in [5.74, 6) is 2.95. The van der Waals surface area contributed by atoms with Crippen molar-refractivity contribution in [3.05, 3.63) is 59.7 Å². The molecule has 3 saturated carbocycles. The number of ether oxygens (including phenoxy) is 2. The summed E-state index contributed by atoms with van der Waals surface area (Å²) in [6, 6.07) is 17.2. The van der Waals surface area contributed by atoms with Crippen molar-refractivity contribution in [3.8, 4) is 11.5 Å². The second-order valence-electron chi connectivity index (χ2n) is 16.3. The van der Waals surface area contributed by atoms with E-state index in [0.717, 1.165) is 63.2 Å². The number of unbranched alkanes of at least 4 members (excludes halogenated alkanes) is 14. The van der Waals surface area contributed by atoms with Crippen molar-refractivity contribution < 1.29 is 18.7 Å². The van der Waals surface area contributed by atoms with Gasteiger partial charge < -0.3 is 9.47 Å². The lowest BCUT2D eigenvalue weighted by atomic mass is 9.41. The molecule has 0 atom stereocenters. The summed E-state index contributed by atoms with van der Waals surface area (Å²) >= 11 is 0. The molecule has 0 bridgehead atoms. The first kappa shape index (κ1) is 38.9. The van der Waals surface area contributed by atoms with Gasteiger partial charge in [0.15, 0.2) is 5.78 Å². The fraction of sp³-hybridized carbons (Fsp3) is 0.717. The van der Waals surface area contributed by atoms with Gasteiger partial charge in [0.1, 0.15) is 17.7 Å². The fourth-order valence-corrected chi connectivity index (χ4v) is 9.60. The third-order valence-electron chi connectivity index (χ3n) is 12.9. The van der Waals surface area contributed by atoms with Crippen LogP contribution in [-0.2, 0) is 4.79 Å². The molecule has 0 amide bonds. The molecule has 0 radical (unpaired) electrons. The van der Waals surface area contributed by atoms with E-state index >= 15 is 4.39 Å². The van der Waals surface area contributed by atoms with E-state index in [1.165, 1.54) is 101 Å². The number of halogens is 1. The molecule has 3 aliphatic rings. The first-order valence-corrected chi connectivity index (χ1v) is 21.2. The maximum Gasteiger partial charge on any atom is 0.151 e. The highest BCUT2D eigenvalue weighted by molar-refractivity contribution is 5.98. The normalized spacial score (nSPS) is 26.3. The predicted molar refractivity (Wildman–Crippen MR) is 206 cm³/mol. The van der Waals surface area contributed by atoms with E-state index in [1.807, 2.05) is 0 Å². The molecule has 0 saturated heterocycles. The second kappa shape index (κ2) is 20.0. The first-order chi connectivity index (χ1) is 24.5. The Morgan fingerprint density at radius 2 is 0.840 bits per heavy atom. The van der Waals surface area contributed by atoms with E-state index < -0.39 is 17.0 Å². The van der Waals surface area contributed by atoms with E-state index in [0.29, 0.717) is 37.5 Å². The number of rotatable bonds is 22. The summed E-state index contributed by atoms with van der Waals surface area (Å²) in [6.45, 7) is 6.09. The van der Waals surface area contributed by atoms with E-state index in [2.05, 4.69) is 62.4 Å². The zero-order chi connectivity index (χ0) is 35.1. The third kappa shape index (κ3) is 9.94. The van der Waals surface area contributed by atoms with Crippen LogP contribution in [0.1, 0.15) is 191 Å². The zero-order valence-electron chi connectivity index (χ0n) is 31.8. The van der Waals surface area contributed by atoms with Gasteiger partial charge >= 0.3 is 0 Å². The van der Waals surface area contributed by atoms with Crippen molar-refractivity contribution in [3.63, 3.8) is 0 Å². The molecule has 3 fully saturated rings. The van der Waals surface area contributed by atoms with Crippen LogP contribution in [0.2, 0.25) is 0 Å². The lowest BCUT2D eigenvalue weighted by Gasteiger charge is -2.61. The molecule has 2 aromatic carbocycles. The molecule has 0 aliphatic heterocycles. The summed E-state index contributed by atoms with van der Waals surface area (Å²) in [7, 11) is 0. The highest BCUT2D eigenvalue weighted by Gasteiger charge is 2.71. The van der Waals surface area contributed by atoms with Gasteiger partial charge in [-0.15, -0.1) is 0 Å². The van der Waals surface area contributed by atoms with Gasteiger partial charge in [0.25, 0.3) is 0 Å². The Bertz CT molecular complexity index is 1140. The van der Waals surface area contributed by atoms with Gasteiger partial charge in [-0.25, -0.2) is 4.39 Å². The summed E-state index contributed by atoms with van der Waals surface area (Å²) in [6.07, 6.45) is 26.2. The number of hydrogen-bond acceptors (Lipinski definition) is 3. The van der Waals surface area contributed by atoms with E-state index in [-0.39, 0.29) is 5.78 Å².